The zero-order valence-corrected chi connectivity index (χ0v) is 17.4. The summed E-state index contributed by atoms with van der Waals surface area (Å²) in [6.07, 6.45) is 4.50. The summed E-state index contributed by atoms with van der Waals surface area (Å²) in [5, 5.41) is 0.715. The molecule has 3 aromatic rings. The van der Waals surface area contributed by atoms with Gasteiger partial charge in [0.25, 0.3) is 11.7 Å². The molecule has 6 heteroatoms. The minimum absolute atomic E-state index is 0.0521. The van der Waals surface area contributed by atoms with Crippen molar-refractivity contribution in [3.05, 3.63) is 71.4 Å². The van der Waals surface area contributed by atoms with E-state index in [1.807, 2.05) is 51.9 Å². The van der Waals surface area contributed by atoms with Crippen LogP contribution in [0.5, 0.6) is 0 Å². The Morgan fingerprint density at radius 2 is 1.52 bits per heavy atom. The Hall–Kier alpha value is -3.41. The Labute approximate surface area is 181 Å². The molecule has 1 aromatic heterocycles. The van der Waals surface area contributed by atoms with Crippen LogP contribution in [0.4, 0.5) is 0 Å². The molecule has 6 nitrogen and oxygen atoms in total. The number of carbonyl (C=O) groups is 3. The maximum atomic E-state index is 13.2. The summed E-state index contributed by atoms with van der Waals surface area (Å²) in [4.78, 5) is 42.5. The quantitative estimate of drug-likeness (QED) is 0.486. The largest absolute Gasteiger partial charge is 0.341 e. The molecule has 2 amide bonds. The van der Waals surface area contributed by atoms with Crippen LogP contribution in [0.25, 0.3) is 10.9 Å². The van der Waals surface area contributed by atoms with Crippen LogP contribution in [-0.4, -0.2) is 51.6 Å². The average molecular weight is 415 g/mol. The van der Waals surface area contributed by atoms with Crippen molar-refractivity contribution in [2.75, 3.05) is 19.6 Å². The number of para-hydroxylation sites is 1. The number of nitrogens with zero attached hydrogens (tertiary/aromatic N) is 3. The van der Waals surface area contributed by atoms with Crippen molar-refractivity contribution in [2.45, 2.75) is 32.4 Å². The van der Waals surface area contributed by atoms with Crippen LogP contribution in [0.1, 0.15) is 34.3 Å². The predicted molar refractivity (Wildman–Crippen MR) is 118 cm³/mol. The van der Waals surface area contributed by atoms with Crippen molar-refractivity contribution in [1.82, 2.24) is 14.4 Å². The number of benzene rings is 2. The molecule has 0 atom stereocenters. The monoisotopic (exact) mass is 415 g/mol. The molecule has 1 saturated heterocycles. The summed E-state index contributed by atoms with van der Waals surface area (Å²) in [6, 6.07) is 15.5. The standard InChI is InChI=1S/C25H25N3O3/c29-23(26-12-5-6-13-26)17-28-16-21(20-9-3-4-10-22(20)28)24(30)25(31)27-14-11-18-7-1-2-8-19(18)15-27/h1-4,7-10,16H,5-6,11-15,17H2. The van der Waals surface area contributed by atoms with Gasteiger partial charge in [-0.2, -0.15) is 0 Å². The van der Waals surface area contributed by atoms with Gasteiger partial charge in [0.05, 0.1) is 5.56 Å². The average Bonchev–Trinajstić information content (AvgIpc) is 3.47. The van der Waals surface area contributed by atoms with Crippen LogP contribution in [0.2, 0.25) is 0 Å². The normalized spacial score (nSPS) is 15.9. The summed E-state index contributed by atoms with van der Waals surface area (Å²) in [5.41, 5.74) is 3.49. The molecule has 1 fully saturated rings. The first-order chi connectivity index (χ1) is 15.1. The minimum atomic E-state index is -0.511. The van der Waals surface area contributed by atoms with Crippen molar-refractivity contribution in [3.63, 3.8) is 0 Å². The Morgan fingerprint density at radius 3 is 2.32 bits per heavy atom. The maximum Gasteiger partial charge on any atom is 0.295 e. The lowest BCUT2D eigenvalue weighted by Crippen LogP contribution is -2.40. The number of aromatic nitrogens is 1. The lowest BCUT2D eigenvalue weighted by atomic mass is 9.99. The Kier molecular flexibility index (Phi) is 5.06. The van der Waals surface area contributed by atoms with E-state index in [1.165, 1.54) is 5.56 Å². The van der Waals surface area contributed by atoms with E-state index in [-0.39, 0.29) is 12.5 Å². The Bertz CT molecular complexity index is 1170. The Balaban J connectivity index is 1.41. The topological polar surface area (TPSA) is 62.6 Å². The Morgan fingerprint density at radius 1 is 0.806 bits per heavy atom. The van der Waals surface area contributed by atoms with Crippen LogP contribution < -0.4 is 0 Å². The molecule has 31 heavy (non-hydrogen) atoms. The lowest BCUT2D eigenvalue weighted by molar-refractivity contribution is -0.130. The summed E-state index contributed by atoms with van der Waals surface area (Å²) in [7, 11) is 0. The molecule has 0 aliphatic carbocycles. The molecule has 0 N–H and O–H groups in total. The molecule has 2 aliphatic rings. The third-order valence-corrected chi connectivity index (χ3v) is 6.41. The fraction of sp³-hybridized carbons (Fsp3) is 0.320. The van der Waals surface area contributed by atoms with Crippen molar-refractivity contribution < 1.29 is 14.4 Å². The molecule has 158 valence electrons. The second-order valence-corrected chi connectivity index (χ2v) is 8.35. The molecule has 0 unspecified atom stereocenters. The molecule has 0 bridgehead atoms. The number of ketones is 1. The van der Waals surface area contributed by atoms with Gasteiger partial charge in [-0.1, -0.05) is 42.5 Å². The molecule has 0 spiro atoms. The van der Waals surface area contributed by atoms with Crippen LogP contribution in [-0.2, 0) is 29.1 Å². The number of hydrogen-bond acceptors (Lipinski definition) is 3. The second-order valence-electron chi connectivity index (χ2n) is 8.35. The number of hydrogen-bond donors (Lipinski definition) is 0. The van der Waals surface area contributed by atoms with Crippen LogP contribution in [0, 0.1) is 0 Å². The fourth-order valence-corrected chi connectivity index (χ4v) is 4.70. The highest BCUT2D eigenvalue weighted by Gasteiger charge is 2.29. The number of amides is 2. The van der Waals surface area contributed by atoms with Gasteiger partial charge in [0.2, 0.25) is 5.91 Å². The van der Waals surface area contributed by atoms with Gasteiger partial charge in [0, 0.05) is 43.3 Å². The van der Waals surface area contributed by atoms with Gasteiger partial charge >= 0.3 is 0 Å². The van der Waals surface area contributed by atoms with Crippen LogP contribution >= 0.6 is 0 Å². The van der Waals surface area contributed by atoms with E-state index in [9.17, 15) is 14.4 Å². The van der Waals surface area contributed by atoms with Crippen molar-refractivity contribution >= 4 is 28.5 Å². The molecule has 0 radical (unpaired) electrons. The number of fused-ring (bicyclic) bond motifs is 2. The lowest BCUT2D eigenvalue weighted by Gasteiger charge is -2.28. The van der Waals surface area contributed by atoms with Gasteiger partial charge in [-0.3, -0.25) is 14.4 Å². The summed E-state index contributed by atoms with van der Waals surface area (Å²) < 4.78 is 1.81. The van der Waals surface area contributed by atoms with Crippen molar-refractivity contribution in [1.29, 1.82) is 0 Å². The summed E-state index contributed by atoms with van der Waals surface area (Å²) >= 11 is 0. The summed E-state index contributed by atoms with van der Waals surface area (Å²) in [5.74, 6) is -0.942. The van der Waals surface area contributed by atoms with E-state index in [1.54, 1.807) is 11.1 Å². The highest BCUT2D eigenvalue weighted by molar-refractivity contribution is 6.44. The van der Waals surface area contributed by atoms with Gasteiger partial charge in [-0.05, 0) is 36.5 Å². The smallest absolute Gasteiger partial charge is 0.295 e. The molecule has 0 saturated carbocycles. The first kappa shape index (κ1) is 19.5. The number of likely N-dealkylation sites (tertiary alicyclic amines) is 1. The SMILES string of the molecule is O=C(C(=O)N1CCc2ccccc2C1)c1cn(CC(=O)N2CCCC2)c2ccccc12. The molecule has 3 heterocycles. The predicted octanol–water partition coefficient (Wildman–Crippen LogP) is 3.03. The van der Waals surface area contributed by atoms with Crippen molar-refractivity contribution in [2.24, 2.45) is 0 Å². The third-order valence-electron chi connectivity index (χ3n) is 6.41. The van der Waals surface area contributed by atoms with Crippen LogP contribution in [0.3, 0.4) is 0 Å². The van der Waals surface area contributed by atoms with Crippen molar-refractivity contribution in [3.8, 4) is 0 Å². The van der Waals surface area contributed by atoms with E-state index in [0.717, 1.165) is 43.4 Å². The van der Waals surface area contributed by atoms with E-state index >= 15 is 0 Å². The molecular formula is C25H25N3O3. The van der Waals surface area contributed by atoms with Crippen LogP contribution in [0.15, 0.2) is 54.7 Å². The van der Waals surface area contributed by atoms with E-state index in [4.69, 9.17) is 0 Å². The first-order valence-corrected chi connectivity index (χ1v) is 10.9. The molecular weight excluding hydrogens is 390 g/mol. The molecule has 5 rings (SSSR count). The molecule has 2 aromatic carbocycles. The number of rotatable bonds is 4. The van der Waals surface area contributed by atoms with Gasteiger partial charge < -0.3 is 14.4 Å². The highest BCUT2D eigenvalue weighted by Crippen LogP contribution is 2.25. The zero-order chi connectivity index (χ0) is 21.4. The zero-order valence-electron chi connectivity index (χ0n) is 17.4. The number of Topliss-reactive ketones (excluding diaryl/α,β-unsaturated/α-hetero) is 1. The number of carbonyl (C=O) groups excluding carboxylic acids is 3. The first-order valence-electron chi connectivity index (χ1n) is 10.9. The molecule has 2 aliphatic heterocycles. The minimum Gasteiger partial charge on any atom is -0.341 e. The maximum absolute atomic E-state index is 13.2. The van der Waals surface area contributed by atoms with E-state index < -0.39 is 11.7 Å². The van der Waals surface area contributed by atoms with Gasteiger partial charge in [-0.25, -0.2) is 0 Å². The van der Waals surface area contributed by atoms with E-state index in [0.29, 0.717) is 24.0 Å². The van der Waals surface area contributed by atoms with Gasteiger partial charge in [0.15, 0.2) is 0 Å². The summed E-state index contributed by atoms with van der Waals surface area (Å²) in [6.45, 7) is 2.75. The fourth-order valence-electron chi connectivity index (χ4n) is 4.70. The third kappa shape index (κ3) is 3.63. The van der Waals surface area contributed by atoms with Gasteiger partial charge in [-0.15, -0.1) is 0 Å². The van der Waals surface area contributed by atoms with Gasteiger partial charge in [0.1, 0.15) is 6.54 Å². The second kappa shape index (κ2) is 8.02. The highest BCUT2D eigenvalue weighted by atomic mass is 16.2. The van der Waals surface area contributed by atoms with E-state index in [2.05, 4.69) is 6.07 Å².